The van der Waals surface area contributed by atoms with Crippen molar-refractivity contribution in [2.45, 2.75) is 12.8 Å². The van der Waals surface area contributed by atoms with Crippen LogP contribution >= 0.6 is 0 Å². The SMILES string of the molecule is CN(C)CCNC(=O)c1ccc(NCCCN(C)CCCN)c2c(=O)c3cc([N+](=O)[O-])ccc3[nH]c12. The van der Waals surface area contributed by atoms with Crippen molar-refractivity contribution in [3.63, 3.8) is 0 Å². The minimum absolute atomic E-state index is 0.167. The van der Waals surface area contributed by atoms with Crippen molar-refractivity contribution < 1.29 is 9.72 Å². The van der Waals surface area contributed by atoms with Crippen molar-refractivity contribution >= 4 is 39.1 Å². The highest BCUT2D eigenvalue weighted by molar-refractivity contribution is 6.11. The number of hydrogen-bond donors (Lipinski definition) is 4. The number of anilines is 1. The summed E-state index contributed by atoms with van der Waals surface area (Å²) in [6, 6.07) is 7.52. The number of rotatable bonds is 13. The van der Waals surface area contributed by atoms with E-state index in [-0.39, 0.29) is 22.4 Å². The second kappa shape index (κ2) is 12.4. The van der Waals surface area contributed by atoms with Gasteiger partial charge in [-0.1, -0.05) is 0 Å². The lowest BCUT2D eigenvalue weighted by atomic mass is 10.0. The Kier molecular flexibility index (Phi) is 9.34. The molecule has 11 heteroatoms. The highest BCUT2D eigenvalue weighted by atomic mass is 16.6. The van der Waals surface area contributed by atoms with Crippen molar-refractivity contribution in [3.05, 3.63) is 56.2 Å². The van der Waals surface area contributed by atoms with Gasteiger partial charge in [0.05, 0.1) is 32.3 Å². The van der Waals surface area contributed by atoms with E-state index < -0.39 is 4.92 Å². The monoisotopic (exact) mass is 497 g/mol. The van der Waals surface area contributed by atoms with Crippen LogP contribution in [0.5, 0.6) is 0 Å². The Morgan fingerprint density at radius 3 is 2.53 bits per heavy atom. The lowest BCUT2D eigenvalue weighted by molar-refractivity contribution is -0.384. The van der Waals surface area contributed by atoms with Gasteiger partial charge in [-0.3, -0.25) is 19.7 Å². The summed E-state index contributed by atoms with van der Waals surface area (Å²) in [6.45, 7) is 4.17. The first-order valence-corrected chi connectivity index (χ1v) is 12.1. The fourth-order valence-corrected chi connectivity index (χ4v) is 4.05. The summed E-state index contributed by atoms with van der Waals surface area (Å²) in [5, 5.41) is 18.0. The third-order valence-corrected chi connectivity index (χ3v) is 6.02. The van der Waals surface area contributed by atoms with Crippen molar-refractivity contribution in [2.24, 2.45) is 5.73 Å². The Balaban J connectivity index is 1.98. The number of nitro groups is 1. The van der Waals surface area contributed by atoms with Crippen LogP contribution in [0.3, 0.4) is 0 Å². The van der Waals surface area contributed by atoms with Crippen LogP contribution < -0.4 is 21.8 Å². The number of nitro benzene ring substituents is 1. The number of nitrogens with one attached hydrogen (secondary N) is 3. The van der Waals surface area contributed by atoms with E-state index in [4.69, 9.17) is 5.73 Å². The molecular formula is C25H35N7O4. The van der Waals surface area contributed by atoms with Gasteiger partial charge in [-0.15, -0.1) is 0 Å². The standard InChI is InChI=1S/C25H35N7O4/c1-30(2)15-12-28-25(34)18-7-9-21(27-11-5-14-31(3)13-4-10-26)22-23(18)29-20-8-6-17(32(35)36)16-19(20)24(22)33/h6-9,16,27H,4-5,10-15,26H2,1-3H3,(H,28,34)(H,29,33). The zero-order chi connectivity index (χ0) is 26.2. The van der Waals surface area contributed by atoms with Gasteiger partial charge in [-0.2, -0.15) is 0 Å². The lowest BCUT2D eigenvalue weighted by Crippen LogP contribution is -2.31. The first kappa shape index (κ1) is 27.1. The fourth-order valence-electron chi connectivity index (χ4n) is 4.05. The number of amides is 1. The van der Waals surface area contributed by atoms with Crippen molar-refractivity contribution in [1.82, 2.24) is 20.1 Å². The van der Waals surface area contributed by atoms with Crippen LogP contribution in [0, 0.1) is 10.1 Å². The summed E-state index contributed by atoms with van der Waals surface area (Å²) < 4.78 is 0. The zero-order valence-corrected chi connectivity index (χ0v) is 21.1. The van der Waals surface area contributed by atoms with Crippen LogP contribution in [0.2, 0.25) is 0 Å². The number of H-pyrrole nitrogens is 1. The van der Waals surface area contributed by atoms with E-state index in [9.17, 15) is 19.7 Å². The Bertz CT molecular complexity index is 1290. The molecule has 5 N–H and O–H groups in total. The molecule has 1 amide bonds. The molecule has 2 aromatic carbocycles. The van der Waals surface area contributed by atoms with E-state index in [1.807, 2.05) is 26.0 Å². The lowest BCUT2D eigenvalue weighted by Gasteiger charge is -2.17. The average molecular weight is 498 g/mol. The van der Waals surface area contributed by atoms with Crippen molar-refractivity contribution in [3.8, 4) is 0 Å². The largest absolute Gasteiger partial charge is 0.384 e. The number of aromatic amines is 1. The molecule has 1 heterocycles. The second-order valence-electron chi connectivity index (χ2n) is 9.14. The third kappa shape index (κ3) is 6.56. The predicted molar refractivity (Wildman–Crippen MR) is 144 cm³/mol. The molecule has 194 valence electrons. The molecule has 0 aliphatic heterocycles. The molecule has 3 rings (SSSR count). The number of benzene rings is 2. The smallest absolute Gasteiger partial charge is 0.270 e. The first-order valence-electron chi connectivity index (χ1n) is 12.1. The molecule has 3 aromatic rings. The highest BCUT2D eigenvalue weighted by Crippen LogP contribution is 2.27. The number of pyridine rings is 1. The number of carbonyl (C=O) groups excluding carboxylic acids is 1. The summed E-state index contributed by atoms with van der Waals surface area (Å²) >= 11 is 0. The maximum atomic E-state index is 13.6. The van der Waals surface area contributed by atoms with Crippen LogP contribution in [-0.4, -0.2) is 86.0 Å². The molecular weight excluding hydrogens is 462 g/mol. The number of carbonyl (C=O) groups is 1. The minimum atomic E-state index is -0.530. The number of likely N-dealkylation sites (N-methyl/N-ethyl adjacent to an activating group) is 1. The van der Waals surface area contributed by atoms with Gasteiger partial charge in [0.15, 0.2) is 5.43 Å². The summed E-state index contributed by atoms with van der Waals surface area (Å²) in [4.78, 5) is 44.7. The predicted octanol–water partition coefficient (Wildman–Crippen LogP) is 1.96. The molecule has 0 bridgehead atoms. The van der Waals surface area contributed by atoms with E-state index in [0.717, 1.165) is 25.9 Å². The van der Waals surface area contributed by atoms with E-state index in [1.165, 1.54) is 18.2 Å². The Morgan fingerprint density at radius 1 is 1.08 bits per heavy atom. The number of nitrogens with zero attached hydrogens (tertiary/aromatic N) is 3. The molecule has 0 radical (unpaired) electrons. The van der Waals surface area contributed by atoms with Crippen LogP contribution in [0.25, 0.3) is 21.8 Å². The van der Waals surface area contributed by atoms with Gasteiger partial charge >= 0.3 is 0 Å². The number of hydrogen-bond acceptors (Lipinski definition) is 8. The molecule has 0 spiro atoms. The Morgan fingerprint density at radius 2 is 1.83 bits per heavy atom. The van der Waals surface area contributed by atoms with E-state index in [0.29, 0.717) is 53.8 Å². The van der Waals surface area contributed by atoms with Gasteiger partial charge < -0.3 is 31.2 Å². The minimum Gasteiger partial charge on any atom is -0.384 e. The van der Waals surface area contributed by atoms with Gasteiger partial charge in [-0.05, 0) is 71.8 Å². The number of aromatic nitrogens is 1. The van der Waals surface area contributed by atoms with Crippen LogP contribution in [0.15, 0.2) is 35.1 Å². The third-order valence-electron chi connectivity index (χ3n) is 6.02. The number of fused-ring (bicyclic) bond motifs is 2. The average Bonchev–Trinajstić information content (AvgIpc) is 2.84. The van der Waals surface area contributed by atoms with Gasteiger partial charge in [0.1, 0.15) is 0 Å². The van der Waals surface area contributed by atoms with E-state index in [1.54, 1.807) is 12.1 Å². The summed E-state index contributed by atoms with van der Waals surface area (Å²) in [5.74, 6) is -0.299. The molecule has 1 aromatic heterocycles. The normalized spacial score (nSPS) is 11.5. The van der Waals surface area contributed by atoms with Crippen LogP contribution in [0.4, 0.5) is 11.4 Å². The molecule has 36 heavy (non-hydrogen) atoms. The molecule has 0 aliphatic carbocycles. The molecule has 0 saturated carbocycles. The van der Waals surface area contributed by atoms with E-state index in [2.05, 4.69) is 20.5 Å². The maximum Gasteiger partial charge on any atom is 0.270 e. The van der Waals surface area contributed by atoms with Gasteiger partial charge in [0.25, 0.3) is 11.6 Å². The number of non-ortho nitro benzene ring substituents is 1. The molecule has 0 unspecified atom stereocenters. The Labute approximate surface area is 209 Å². The zero-order valence-electron chi connectivity index (χ0n) is 21.1. The fraction of sp³-hybridized carbons (Fsp3) is 0.440. The highest BCUT2D eigenvalue weighted by Gasteiger charge is 2.19. The van der Waals surface area contributed by atoms with Crippen molar-refractivity contribution in [2.75, 3.05) is 65.7 Å². The van der Waals surface area contributed by atoms with Crippen LogP contribution in [0.1, 0.15) is 23.2 Å². The summed E-state index contributed by atoms with van der Waals surface area (Å²) in [5.41, 5.74) is 6.79. The molecule has 0 saturated heterocycles. The first-order chi connectivity index (χ1) is 17.2. The molecule has 0 atom stereocenters. The van der Waals surface area contributed by atoms with Crippen molar-refractivity contribution in [1.29, 1.82) is 0 Å². The topological polar surface area (TPSA) is 150 Å². The summed E-state index contributed by atoms with van der Waals surface area (Å²) in [6.07, 6.45) is 1.77. The van der Waals surface area contributed by atoms with E-state index >= 15 is 0 Å². The van der Waals surface area contributed by atoms with Gasteiger partial charge in [0.2, 0.25) is 0 Å². The summed E-state index contributed by atoms with van der Waals surface area (Å²) in [7, 11) is 5.88. The van der Waals surface area contributed by atoms with Crippen LogP contribution in [-0.2, 0) is 0 Å². The quantitative estimate of drug-likeness (QED) is 0.121. The maximum absolute atomic E-state index is 13.6. The van der Waals surface area contributed by atoms with Gasteiger partial charge in [0, 0.05) is 37.5 Å². The number of nitrogens with two attached hydrogens (primary N) is 1. The van der Waals surface area contributed by atoms with Gasteiger partial charge in [-0.25, -0.2) is 0 Å². The molecule has 11 nitrogen and oxygen atoms in total. The Hall–Kier alpha value is -3.54. The molecule has 0 aliphatic rings. The second-order valence-corrected chi connectivity index (χ2v) is 9.14. The molecule has 0 fully saturated rings.